The Hall–Kier alpha value is -0.450. The maximum absolute atomic E-state index is 10.5. The maximum Gasteiger partial charge on any atom is 0.0909 e. The Kier molecular flexibility index (Phi) is 4.17. The third-order valence-electron chi connectivity index (χ3n) is 3.66. The van der Waals surface area contributed by atoms with E-state index >= 15 is 0 Å². The van der Waals surface area contributed by atoms with Gasteiger partial charge in [-0.25, -0.2) is 4.98 Å². The van der Waals surface area contributed by atoms with Gasteiger partial charge >= 0.3 is 0 Å². The first-order chi connectivity index (χ1) is 8.10. The molecule has 1 unspecified atom stereocenters. The van der Waals surface area contributed by atoms with Crippen LogP contribution in [-0.4, -0.2) is 26.9 Å². The summed E-state index contributed by atoms with van der Waals surface area (Å²) in [5.41, 5.74) is 0.00580. The van der Waals surface area contributed by atoms with Crippen LogP contribution in [0.25, 0.3) is 0 Å². The standard InChI is InChI=1S/C13H21NO2S/c1-10-14-11(9-17-10)8-12(15)13(16)6-4-2-3-5-7-13/h9,12,15-16H,2-8H2,1H3. The van der Waals surface area contributed by atoms with Crippen LogP contribution in [0.15, 0.2) is 5.38 Å². The number of nitrogens with zero attached hydrogens (tertiary/aromatic N) is 1. The number of aliphatic hydroxyl groups excluding tert-OH is 1. The van der Waals surface area contributed by atoms with Crippen molar-refractivity contribution in [2.24, 2.45) is 0 Å². The summed E-state index contributed by atoms with van der Waals surface area (Å²) < 4.78 is 0. The predicted molar refractivity (Wildman–Crippen MR) is 69.2 cm³/mol. The van der Waals surface area contributed by atoms with E-state index in [1.54, 1.807) is 11.3 Å². The van der Waals surface area contributed by atoms with E-state index in [0.717, 1.165) is 36.4 Å². The summed E-state index contributed by atoms with van der Waals surface area (Å²) in [6.45, 7) is 1.96. The van der Waals surface area contributed by atoms with E-state index in [9.17, 15) is 10.2 Å². The Labute approximate surface area is 107 Å². The third kappa shape index (κ3) is 3.27. The van der Waals surface area contributed by atoms with Gasteiger partial charge in [0, 0.05) is 11.8 Å². The Bertz CT molecular complexity index is 356. The number of thiazole rings is 1. The summed E-state index contributed by atoms with van der Waals surface area (Å²) in [4.78, 5) is 4.35. The zero-order valence-electron chi connectivity index (χ0n) is 10.4. The molecule has 17 heavy (non-hydrogen) atoms. The summed E-state index contributed by atoms with van der Waals surface area (Å²) >= 11 is 1.59. The van der Waals surface area contributed by atoms with Gasteiger partial charge in [0.25, 0.3) is 0 Å². The quantitative estimate of drug-likeness (QED) is 0.816. The molecule has 0 aliphatic heterocycles. The molecule has 1 aromatic rings. The summed E-state index contributed by atoms with van der Waals surface area (Å²) in [7, 11) is 0. The first-order valence-corrected chi connectivity index (χ1v) is 7.29. The van der Waals surface area contributed by atoms with E-state index in [4.69, 9.17) is 0 Å². The van der Waals surface area contributed by atoms with Crippen molar-refractivity contribution >= 4 is 11.3 Å². The van der Waals surface area contributed by atoms with Gasteiger partial charge in [-0.2, -0.15) is 0 Å². The Balaban J connectivity index is 2.00. The molecule has 1 saturated carbocycles. The summed E-state index contributed by atoms with van der Waals surface area (Å²) in [5, 5.41) is 23.7. The Morgan fingerprint density at radius 1 is 1.35 bits per heavy atom. The van der Waals surface area contributed by atoms with Crippen molar-refractivity contribution in [3.05, 3.63) is 16.1 Å². The monoisotopic (exact) mass is 255 g/mol. The molecular weight excluding hydrogens is 234 g/mol. The lowest BCUT2D eigenvalue weighted by atomic mass is 9.86. The SMILES string of the molecule is Cc1nc(CC(O)C2(O)CCCCCC2)cs1. The lowest BCUT2D eigenvalue weighted by Crippen LogP contribution is -2.43. The number of aryl methyl sites for hydroxylation is 1. The van der Waals surface area contributed by atoms with E-state index in [1.807, 2.05) is 12.3 Å². The first-order valence-electron chi connectivity index (χ1n) is 6.42. The minimum atomic E-state index is -0.895. The van der Waals surface area contributed by atoms with Gasteiger partial charge in [0.2, 0.25) is 0 Å². The van der Waals surface area contributed by atoms with Crippen LogP contribution >= 0.6 is 11.3 Å². The molecule has 1 aromatic heterocycles. The molecule has 1 aliphatic rings. The van der Waals surface area contributed by atoms with E-state index in [1.165, 1.54) is 12.8 Å². The van der Waals surface area contributed by atoms with E-state index in [0.29, 0.717) is 6.42 Å². The van der Waals surface area contributed by atoms with Crippen LogP contribution in [0.4, 0.5) is 0 Å². The number of hydrogen-bond donors (Lipinski definition) is 2. The average Bonchev–Trinajstić information content (AvgIpc) is 2.56. The highest BCUT2D eigenvalue weighted by Gasteiger charge is 2.36. The zero-order chi connectivity index (χ0) is 12.3. The molecule has 2 N–H and O–H groups in total. The number of rotatable bonds is 3. The summed E-state index contributed by atoms with van der Waals surface area (Å²) in [6.07, 6.45) is 5.61. The zero-order valence-corrected chi connectivity index (χ0v) is 11.2. The second-order valence-corrected chi connectivity index (χ2v) is 6.16. The van der Waals surface area contributed by atoms with Crippen LogP contribution in [0.3, 0.4) is 0 Å². The van der Waals surface area contributed by atoms with Crippen molar-refractivity contribution in [1.82, 2.24) is 4.98 Å². The van der Waals surface area contributed by atoms with Crippen LogP contribution < -0.4 is 0 Å². The van der Waals surface area contributed by atoms with Gasteiger partial charge in [-0.3, -0.25) is 0 Å². The molecule has 4 heteroatoms. The van der Waals surface area contributed by atoms with Crippen molar-refractivity contribution in [2.75, 3.05) is 0 Å². The van der Waals surface area contributed by atoms with Gasteiger partial charge < -0.3 is 10.2 Å². The highest BCUT2D eigenvalue weighted by molar-refractivity contribution is 7.09. The second kappa shape index (κ2) is 5.46. The number of hydrogen-bond acceptors (Lipinski definition) is 4. The number of aliphatic hydroxyl groups is 2. The van der Waals surface area contributed by atoms with Gasteiger partial charge in [0.15, 0.2) is 0 Å². The van der Waals surface area contributed by atoms with Gasteiger partial charge in [-0.05, 0) is 19.8 Å². The van der Waals surface area contributed by atoms with Gasteiger partial charge in [-0.15, -0.1) is 11.3 Å². The fourth-order valence-electron chi connectivity index (χ4n) is 2.56. The molecule has 0 saturated heterocycles. The molecule has 1 atom stereocenters. The fraction of sp³-hybridized carbons (Fsp3) is 0.769. The van der Waals surface area contributed by atoms with Crippen molar-refractivity contribution in [1.29, 1.82) is 0 Å². The lowest BCUT2D eigenvalue weighted by molar-refractivity contribution is -0.0839. The molecule has 3 nitrogen and oxygen atoms in total. The van der Waals surface area contributed by atoms with E-state index < -0.39 is 11.7 Å². The predicted octanol–water partition coefficient (Wildman–Crippen LogP) is 2.44. The molecule has 1 fully saturated rings. The van der Waals surface area contributed by atoms with Crippen molar-refractivity contribution in [2.45, 2.75) is 63.6 Å². The van der Waals surface area contributed by atoms with Crippen molar-refractivity contribution in [3.8, 4) is 0 Å². The molecule has 0 spiro atoms. The Morgan fingerprint density at radius 3 is 2.53 bits per heavy atom. The minimum absolute atomic E-state index is 0.473. The van der Waals surface area contributed by atoms with Crippen LogP contribution in [-0.2, 0) is 6.42 Å². The lowest BCUT2D eigenvalue weighted by Gasteiger charge is -2.31. The molecule has 0 radical (unpaired) electrons. The van der Waals surface area contributed by atoms with Crippen LogP contribution in [0.2, 0.25) is 0 Å². The molecule has 0 amide bonds. The van der Waals surface area contributed by atoms with Crippen molar-refractivity contribution < 1.29 is 10.2 Å². The fourth-order valence-corrected chi connectivity index (χ4v) is 3.19. The van der Waals surface area contributed by atoms with E-state index in [2.05, 4.69) is 4.98 Å². The highest BCUT2D eigenvalue weighted by atomic mass is 32.1. The molecule has 2 rings (SSSR count). The third-order valence-corrected chi connectivity index (χ3v) is 4.48. The topological polar surface area (TPSA) is 53.4 Å². The van der Waals surface area contributed by atoms with Gasteiger partial charge in [-0.1, -0.05) is 25.7 Å². The second-order valence-electron chi connectivity index (χ2n) is 5.10. The molecule has 1 aliphatic carbocycles. The van der Waals surface area contributed by atoms with Crippen LogP contribution in [0, 0.1) is 6.92 Å². The van der Waals surface area contributed by atoms with Crippen molar-refractivity contribution in [3.63, 3.8) is 0 Å². The van der Waals surface area contributed by atoms with Gasteiger partial charge in [0.05, 0.1) is 22.4 Å². The van der Waals surface area contributed by atoms with Crippen LogP contribution in [0.5, 0.6) is 0 Å². The molecule has 0 aromatic carbocycles. The number of aromatic nitrogens is 1. The maximum atomic E-state index is 10.5. The first kappa shape index (κ1) is 13.0. The normalized spacial score (nSPS) is 22.1. The molecule has 0 bridgehead atoms. The summed E-state index contributed by atoms with van der Waals surface area (Å²) in [6, 6.07) is 0. The highest BCUT2D eigenvalue weighted by Crippen LogP contribution is 2.31. The smallest absolute Gasteiger partial charge is 0.0909 e. The largest absolute Gasteiger partial charge is 0.390 e. The summed E-state index contributed by atoms with van der Waals surface area (Å²) in [5.74, 6) is 0. The molecule has 96 valence electrons. The van der Waals surface area contributed by atoms with E-state index in [-0.39, 0.29) is 0 Å². The molecular formula is C13H21NO2S. The average molecular weight is 255 g/mol. The minimum Gasteiger partial charge on any atom is -0.390 e. The van der Waals surface area contributed by atoms with Gasteiger partial charge in [0.1, 0.15) is 0 Å². The Morgan fingerprint density at radius 2 is 2.00 bits per heavy atom. The van der Waals surface area contributed by atoms with Crippen LogP contribution in [0.1, 0.15) is 49.2 Å². The molecule has 1 heterocycles.